The molecule has 4 nitrogen and oxygen atoms in total. The van der Waals surface area contributed by atoms with E-state index in [1.54, 1.807) is 0 Å². The Hall–Kier alpha value is -0.900. The Morgan fingerprint density at radius 1 is 1.21 bits per heavy atom. The molecule has 2 fully saturated rings. The van der Waals surface area contributed by atoms with Crippen LogP contribution in [0.25, 0.3) is 0 Å². The lowest BCUT2D eigenvalue weighted by molar-refractivity contribution is 0.295. The van der Waals surface area contributed by atoms with Crippen molar-refractivity contribution in [1.82, 2.24) is 15.5 Å². The minimum absolute atomic E-state index is 0.272. The average molecular weight is 263 g/mol. The smallest absolute Gasteiger partial charge is 0.244 e. The summed E-state index contributed by atoms with van der Waals surface area (Å²) in [5, 5.41) is 7.70. The standard InChI is InChI=1S/C15H25N3O/c1-3-11-4-6-12(7-5-11)14-17-15(19-18-14)13-10(2)8-9-16-13/h10-13,16H,3-9H2,1-2H3. The van der Waals surface area contributed by atoms with Crippen LogP contribution in [0.2, 0.25) is 0 Å². The molecule has 1 aromatic rings. The first-order valence-electron chi connectivity index (χ1n) is 7.84. The number of nitrogens with one attached hydrogen (secondary N) is 1. The van der Waals surface area contributed by atoms with Crippen molar-refractivity contribution in [3.63, 3.8) is 0 Å². The molecule has 4 heteroatoms. The predicted octanol–water partition coefficient (Wildman–Crippen LogP) is 3.42. The molecule has 1 aromatic heterocycles. The van der Waals surface area contributed by atoms with Gasteiger partial charge in [0.1, 0.15) is 0 Å². The van der Waals surface area contributed by atoms with Crippen LogP contribution in [0.3, 0.4) is 0 Å². The number of aromatic nitrogens is 2. The van der Waals surface area contributed by atoms with Crippen LogP contribution >= 0.6 is 0 Å². The molecule has 0 amide bonds. The summed E-state index contributed by atoms with van der Waals surface area (Å²) in [5.41, 5.74) is 0. The Labute approximate surface area is 115 Å². The van der Waals surface area contributed by atoms with Crippen LogP contribution in [0.5, 0.6) is 0 Å². The Balaban J connectivity index is 1.65. The topological polar surface area (TPSA) is 51.0 Å². The fourth-order valence-corrected chi connectivity index (χ4v) is 3.53. The molecule has 2 heterocycles. The van der Waals surface area contributed by atoms with E-state index in [1.165, 1.54) is 38.5 Å². The van der Waals surface area contributed by atoms with Gasteiger partial charge in [0.2, 0.25) is 5.89 Å². The van der Waals surface area contributed by atoms with Crippen LogP contribution in [-0.2, 0) is 0 Å². The van der Waals surface area contributed by atoms with Gasteiger partial charge in [-0.1, -0.05) is 25.4 Å². The number of rotatable bonds is 3. The van der Waals surface area contributed by atoms with Gasteiger partial charge in [-0.05, 0) is 50.5 Å². The molecule has 106 valence electrons. The fraction of sp³-hybridized carbons (Fsp3) is 0.867. The molecule has 0 aromatic carbocycles. The van der Waals surface area contributed by atoms with Crippen LogP contribution in [0, 0.1) is 11.8 Å². The van der Waals surface area contributed by atoms with Crippen molar-refractivity contribution >= 4 is 0 Å². The minimum Gasteiger partial charge on any atom is -0.338 e. The van der Waals surface area contributed by atoms with Crippen LogP contribution in [0.4, 0.5) is 0 Å². The first-order chi connectivity index (χ1) is 9.28. The first kappa shape index (κ1) is 13.1. The molecule has 1 saturated carbocycles. The van der Waals surface area contributed by atoms with Crippen molar-refractivity contribution in [3.05, 3.63) is 11.7 Å². The predicted molar refractivity (Wildman–Crippen MR) is 73.8 cm³/mol. The lowest BCUT2D eigenvalue weighted by Gasteiger charge is -2.25. The van der Waals surface area contributed by atoms with Crippen LogP contribution in [0.1, 0.15) is 76.0 Å². The minimum atomic E-state index is 0.272. The van der Waals surface area contributed by atoms with E-state index in [2.05, 4.69) is 29.3 Å². The molecule has 1 saturated heterocycles. The zero-order chi connectivity index (χ0) is 13.2. The summed E-state index contributed by atoms with van der Waals surface area (Å²) in [6, 6.07) is 0.272. The molecule has 0 radical (unpaired) electrons. The molecule has 3 rings (SSSR count). The molecule has 1 aliphatic heterocycles. The van der Waals surface area contributed by atoms with E-state index in [9.17, 15) is 0 Å². The number of hydrogen-bond donors (Lipinski definition) is 1. The average Bonchev–Trinajstić information content (AvgIpc) is 3.07. The van der Waals surface area contributed by atoms with E-state index in [4.69, 9.17) is 4.52 Å². The summed E-state index contributed by atoms with van der Waals surface area (Å²) in [6.07, 6.45) is 7.61. The van der Waals surface area contributed by atoms with Gasteiger partial charge in [-0.3, -0.25) is 0 Å². The molecule has 1 N–H and O–H groups in total. The third kappa shape index (κ3) is 2.69. The summed E-state index contributed by atoms with van der Waals surface area (Å²) in [4.78, 5) is 4.68. The Bertz CT molecular complexity index is 409. The van der Waals surface area contributed by atoms with Crippen LogP contribution in [0.15, 0.2) is 4.52 Å². The second-order valence-electron chi connectivity index (χ2n) is 6.31. The molecule has 0 spiro atoms. The molecule has 1 aliphatic carbocycles. The maximum atomic E-state index is 5.50. The highest BCUT2D eigenvalue weighted by Crippen LogP contribution is 2.36. The van der Waals surface area contributed by atoms with Crippen LogP contribution in [-0.4, -0.2) is 16.7 Å². The van der Waals surface area contributed by atoms with Gasteiger partial charge in [-0.25, -0.2) is 0 Å². The lowest BCUT2D eigenvalue weighted by Crippen LogP contribution is -2.17. The fourth-order valence-electron chi connectivity index (χ4n) is 3.53. The second-order valence-corrected chi connectivity index (χ2v) is 6.31. The summed E-state index contributed by atoms with van der Waals surface area (Å²) in [6.45, 7) is 5.61. The number of hydrogen-bond acceptors (Lipinski definition) is 4. The highest BCUT2D eigenvalue weighted by Gasteiger charge is 2.31. The third-order valence-corrected chi connectivity index (χ3v) is 5.05. The van der Waals surface area contributed by atoms with Gasteiger partial charge in [-0.2, -0.15) is 4.98 Å². The van der Waals surface area contributed by atoms with Gasteiger partial charge in [0.15, 0.2) is 5.82 Å². The lowest BCUT2D eigenvalue weighted by atomic mass is 9.80. The zero-order valence-corrected chi connectivity index (χ0v) is 12.1. The monoisotopic (exact) mass is 263 g/mol. The summed E-state index contributed by atoms with van der Waals surface area (Å²) >= 11 is 0. The molecular formula is C15H25N3O. The third-order valence-electron chi connectivity index (χ3n) is 5.05. The van der Waals surface area contributed by atoms with Crippen LogP contribution < -0.4 is 5.32 Å². The van der Waals surface area contributed by atoms with Crippen molar-refractivity contribution in [2.45, 2.75) is 64.3 Å². The molecule has 2 unspecified atom stereocenters. The maximum Gasteiger partial charge on any atom is 0.244 e. The zero-order valence-electron chi connectivity index (χ0n) is 12.1. The van der Waals surface area contributed by atoms with Gasteiger partial charge < -0.3 is 9.84 Å². The highest BCUT2D eigenvalue weighted by molar-refractivity contribution is 5.02. The number of nitrogens with zero attached hydrogens (tertiary/aromatic N) is 2. The second kappa shape index (κ2) is 5.61. The summed E-state index contributed by atoms with van der Waals surface area (Å²) < 4.78 is 5.50. The molecule has 2 atom stereocenters. The van der Waals surface area contributed by atoms with Gasteiger partial charge in [-0.15, -0.1) is 0 Å². The van der Waals surface area contributed by atoms with E-state index in [1.807, 2.05) is 0 Å². The molecule has 19 heavy (non-hydrogen) atoms. The Morgan fingerprint density at radius 2 is 2.00 bits per heavy atom. The molecule has 2 aliphatic rings. The van der Waals surface area contributed by atoms with Crippen molar-refractivity contribution in [2.24, 2.45) is 11.8 Å². The highest BCUT2D eigenvalue weighted by atomic mass is 16.5. The quantitative estimate of drug-likeness (QED) is 0.907. The summed E-state index contributed by atoms with van der Waals surface area (Å²) in [5.74, 6) is 3.79. The molecular weight excluding hydrogens is 238 g/mol. The van der Waals surface area contributed by atoms with Gasteiger partial charge in [0.25, 0.3) is 0 Å². The largest absolute Gasteiger partial charge is 0.338 e. The van der Waals surface area contributed by atoms with Crippen molar-refractivity contribution < 1.29 is 4.52 Å². The molecule has 0 bridgehead atoms. The Morgan fingerprint density at radius 3 is 2.63 bits per heavy atom. The van der Waals surface area contributed by atoms with Gasteiger partial charge >= 0.3 is 0 Å². The van der Waals surface area contributed by atoms with Crippen molar-refractivity contribution in [3.8, 4) is 0 Å². The van der Waals surface area contributed by atoms with Crippen molar-refractivity contribution in [1.29, 1.82) is 0 Å². The van der Waals surface area contributed by atoms with E-state index in [0.717, 1.165) is 24.2 Å². The van der Waals surface area contributed by atoms with Gasteiger partial charge in [0.05, 0.1) is 6.04 Å². The van der Waals surface area contributed by atoms with Gasteiger partial charge in [0, 0.05) is 5.92 Å². The maximum absolute atomic E-state index is 5.50. The SMILES string of the molecule is CCC1CCC(c2noc(C3NCCC3C)n2)CC1. The van der Waals surface area contributed by atoms with E-state index < -0.39 is 0 Å². The first-order valence-corrected chi connectivity index (χ1v) is 7.84. The normalized spacial score (nSPS) is 35.7. The van der Waals surface area contributed by atoms with E-state index >= 15 is 0 Å². The van der Waals surface area contributed by atoms with E-state index in [-0.39, 0.29) is 6.04 Å². The van der Waals surface area contributed by atoms with Crippen molar-refractivity contribution in [2.75, 3.05) is 6.54 Å². The Kier molecular flexibility index (Phi) is 3.87. The van der Waals surface area contributed by atoms with E-state index in [0.29, 0.717) is 11.8 Å². The summed E-state index contributed by atoms with van der Waals surface area (Å²) in [7, 11) is 0.